The number of nitrogens with one attached hydrogen (secondary N) is 1. The van der Waals surface area contributed by atoms with E-state index in [9.17, 15) is 9.90 Å². The van der Waals surface area contributed by atoms with Gasteiger partial charge in [-0.3, -0.25) is 4.79 Å². The van der Waals surface area contributed by atoms with Crippen molar-refractivity contribution in [2.24, 2.45) is 0 Å². The van der Waals surface area contributed by atoms with Crippen LogP contribution < -0.4 is 5.32 Å². The standard InChI is InChI=1S/C12H16INO2/c1-3-4-8(2)14-12(16)10-7-9(13)5-6-11(10)15/h5-8,15H,3-4H2,1-2H3,(H,14,16). The molecule has 1 unspecified atom stereocenters. The van der Waals surface area contributed by atoms with E-state index < -0.39 is 0 Å². The van der Waals surface area contributed by atoms with Crippen LogP contribution in [0.15, 0.2) is 18.2 Å². The number of carbonyl (C=O) groups excluding carboxylic acids is 1. The lowest BCUT2D eigenvalue weighted by Crippen LogP contribution is -2.32. The molecule has 1 atom stereocenters. The van der Waals surface area contributed by atoms with E-state index in [2.05, 4.69) is 34.8 Å². The summed E-state index contributed by atoms with van der Waals surface area (Å²) < 4.78 is 0.934. The third kappa shape index (κ3) is 3.66. The Morgan fingerprint density at radius 1 is 1.56 bits per heavy atom. The van der Waals surface area contributed by atoms with Crippen molar-refractivity contribution in [3.05, 3.63) is 27.3 Å². The lowest BCUT2D eigenvalue weighted by Gasteiger charge is -2.13. The molecule has 0 heterocycles. The average molecular weight is 333 g/mol. The molecule has 0 aromatic heterocycles. The Bertz CT molecular complexity index is 379. The number of hydrogen-bond acceptors (Lipinski definition) is 2. The van der Waals surface area contributed by atoms with Crippen molar-refractivity contribution < 1.29 is 9.90 Å². The molecule has 1 amide bonds. The summed E-state index contributed by atoms with van der Waals surface area (Å²) in [6.07, 6.45) is 1.97. The highest BCUT2D eigenvalue weighted by Crippen LogP contribution is 2.19. The average Bonchev–Trinajstić information content (AvgIpc) is 2.21. The summed E-state index contributed by atoms with van der Waals surface area (Å²) in [6.45, 7) is 4.04. The summed E-state index contributed by atoms with van der Waals surface area (Å²) in [5.41, 5.74) is 0.342. The molecule has 3 nitrogen and oxygen atoms in total. The number of phenolic OH excluding ortho intramolecular Hbond substituents is 1. The van der Waals surface area contributed by atoms with Crippen molar-refractivity contribution in [1.82, 2.24) is 5.32 Å². The molecule has 4 heteroatoms. The number of phenols is 1. The molecule has 0 aliphatic rings. The minimum atomic E-state index is -0.211. The maximum atomic E-state index is 11.8. The summed E-state index contributed by atoms with van der Waals surface area (Å²) in [5.74, 6) is -0.182. The second-order valence-electron chi connectivity index (χ2n) is 3.82. The first kappa shape index (κ1) is 13.3. The highest BCUT2D eigenvalue weighted by Gasteiger charge is 2.13. The summed E-state index contributed by atoms with van der Waals surface area (Å²) >= 11 is 2.11. The molecule has 1 rings (SSSR count). The largest absolute Gasteiger partial charge is 0.507 e. The molecule has 0 bridgehead atoms. The van der Waals surface area contributed by atoms with Gasteiger partial charge in [0.05, 0.1) is 5.56 Å². The van der Waals surface area contributed by atoms with Crippen LogP contribution in [0.25, 0.3) is 0 Å². The first-order valence-corrected chi connectivity index (χ1v) is 6.41. The molecule has 1 aromatic rings. The van der Waals surface area contributed by atoms with Crippen LogP contribution in [0.2, 0.25) is 0 Å². The van der Waals surface area contributed by atoms with E-state index in [1.54, 1.807) is 18.2 Å². The van der Waals surface area contributed by atoms with E-state index in [4.69, 9.17) is 0 Å². The first-order chi connectivity index (χ1) is 7.54. The molecule has 0 spiro atoms. The molecule has 16 heavy (non-hydrogen) atoms. The lowest BCUT2D eigenvalue weighted by atomic mass is 10.1. The van der Waals surface area contributed by atoms with Crippen molar-refractivity contribution in [2.75, 3.05) is 0 Å². The molecule has 0 aliphatic heterocycles. The molecular weight excluding hydrogens is 317 g/mol. The van der Waals surface area contributed by atoms with E-state index in [0.717, 1.165) is 16.4 Å². The molecule has 88 valence electrons. The van der Waals surface area contributed by atoms with Crippen molar-refractivity contribution >= 4 is 28.5 Å². The first-order valence-electron chi connectivity index (χ1n) is 5.34. The van der Waals surface area contributed by atoms with Gasteiger partial charge in [0.15, 0.2) is 0 Å². The zero-order valence-electron chi connectivity index (χ0n) is 9.46. The minimum absolute atomic E-state index is 0.0293. The van der Waals surface area contributed by atoms with Crippen LogP contribution in [0, 0.1) is 3.57 Å². The van der Waals surface area contributed by atoms with Gasteiger partial charge in [0.2, 0.25) is 0 Å². The fraction of sp³-hybridized carbons (Fsp3) is 0.417. The van der Waals surface area contributed by atoms with Gasteiger partial charge in [-0.15, -0.1) is 0 Å². The van der Waals surface area contributed by atoms with Gasteiger partial charge in [0.25, 0.3) is 5.91 Å². The Balaban J connectivity index is 2.76. The maximum absolute atomic E-state index is 11.8. The number of hydrogen-bond donors (Lipinski definition) is 2. The fourth-order valence-corrected chi connectivity index (χ4v) is 1.99. The summed E-state index contributed by atoms with van der Waals surface area (Å²) in [6, 6.07) is 5.13. The lowest BCUT2D eigenvalue weighted by molar-refractivity contribution is 0.0935. The third-order valence-corrected chi connectivity index (χ3v) is 2.97. The van der Waals surface area contributed by atoms with Crippen LogP contribution in [0.4, 0.5) is 0 Å². The normalized spacial score (nSPS) is 12.2. The molecular formula is C12H16INO2. The van der Waals surface area contributed by atoms with E-state index in [-0.39, 0.29) is 17.7 Å². The minimum Gasteiger partial charge on any atom is -0.507 e. The van der Waals surface area contributed by atoms with E-state index >= 15 is 0 Å². The van der Waals surface area contributed by atoms with Gasteiger partial charge in [-0.1, -0.05) is 13.3 Å². The Kier molecular flexibility index (Phi) is 5.05. The molecule has 0 radical (unpaired) electrons. The van der Waals surface area contributed by atoms with Crippen molar-refractivity contribution in [3.8, 4) is 5.75 Å². The van der Waals surface area contributed by atoms with Gasteiger partial charge in [0, 0.05) is 9.61 Å². The zero-order valence-corrected chi connectivity index (χ0v) is 11.6. The SMILES string of the molecule is CCCC(C)NC(=O)c1cc(I)ccc1O. The molecule has 0 aliphatic carbocycles. The fourth-order valence-electron chi connectivity index (χ4n) is 1.50. The van der Waals surface area contributed by atoms with Crippen molar-refractivity contribution in [3.63, 3.8) is 0 Å². The number of aromatic hydroxyl groups is 1. The Hall–Kier alpha value is -0.780. The van der Waals surface area contributed by atoms with Crippen LogP contribution in [0.1, 0.15) is 37.0 Å². The molecule has 0 fully saturated rings. The second kappa shape index (κ2) is 6.08. The summed E-state index contributed by atoms with van der Waals surface area (Å²) in [5, 5.41) is 12.4. The van der Waals surface area contributed by atoms with Crippen LogP contribution in [-0.2, 0) is 0 Å². The highest BCUT2D eigenvalue weighted by molar-refractivity contribution is 14.1. The van der Waals surface area contributed by atoms with Gasteiger partial charge in [0.1, 0.15) is 5.75 Å². The quantitative estimate of drug-likeness (QED) is 0.833. The van der Waals surface area contributed by atoms with E-state index in [1.807, 2.05) is 6.92 Å². The molecule has 1 aromatic carbocycles. The smallest absolute Gasteiger partial charge is 0.255 e. The molecule has 0 saturated carbocycles. The Morgan fingerprint density at radius 2 is 2.25 bits per heavy atom. The van der Waals surface area contributed by atoms with Crippen LogP contribution in [-0.4, -0.2) is 17.1 Å². The molecule has 2 N–H and O–H groups in total. The van der Waals surface area contributed by atoms with Crippen LogP contribution in [0.3, 0.4) is 0 Å². The van der Waals surface area contributed by atoms with Gasteiger partial charge in [-0.25, -0.2) is 0 Å². The van der Waals surface area contributed by atoms with Gasteiger partial charge in [-0.2, -0.15) is 0 Å². The van der Waals surface area contributed by atoms with E-state index in [1.165, 1.54) is 0 Å². The van der Waals surface area contributed by atoms with Crippen molar-refractivity contribution in [1.29, 1.82) is 0 Å². The highest BCUT2D eigenvalue weighted by atomic mass is 127. The third-order valence-electron chi connectivity index (χ3n) is 2.30. The summed E-state index contributed by atoms with van der Waals surface area (Å²) in [7, 11) is 0. The Morgan fingerprint density at radius 3 is 2.88 bits per heavy atom. The van der Waals surface area contributed by atoms with Gasteiger partial charge in [-0.05, 0) is 54.1 Å². The van der Waals surface area contributed by atoms with Gasteiger partial charge >= 0.3 is 0 Å². The molecule has 0 saturated heterocycles. The second-order valence-corrected chi connectivity index (χ2v) is 5.07. The predicted octanol–water partition coefficient (Wildman–Crippen LogP) is 2.92. The summed E-state index contributed by atoms with van der Waals surface area (Å²) in [4.78, 5) is 11.8. The van der Waals surface area contributed by atoms with Crippen LogP contribution in [0.5, 0.6) is 5.75 Å². The predicted molar refractivity (Wildman–Crippen MR) is 72.7 cm³/mol. The van der Waals surface area contributed by atoms with Crippen molar-refractivity contribution in [2.45, 2.75) is 32.7 Å². The number of benzene rings is 1. The Labute approximate surface area is 109 Å². The van der Waals surface area contributed by atoms with Gasteiger partial charge < -0.3 is 10.4 Å². The van der Waals surface area contributed by atoms with Crippen LogP contribution >= 0.6 is 22.6 Å². The number of rotatable bonds is 4. The maximum Gasteiger partial charge on any atom is 0.255 e. The topological polar surface area (TPSA) is 49.3 Å². The zero-order chi connectivity index (χ0) is 12.1. The monoisotopic (exact) mass is 333 g/mol. The number of amides is 1. The number of carbonyl (C=O) groups is 1. The number of halogens is 1. The van der Waals surface area contributed by atoms with E-state index in [0.29, 0.717) is 5.56 Å².